The van der Waals surface area contributed by atoms with Crippen molar-refractivity contribution < 1.29 is 9.18 Å². The summed E-state index contributed by atoms with van der Waals surface area (Å²) in [5.41, 5.74) is 1.85. The van der Waals surface area contributed by atoms with Gasteiger partial charge in [-0.1, -0.05) is 24.3 Å². The summed E-state index contributed by atoms with van der Waals surface area (Å²) < 4.78 is 13.4. The first-order chi connectivity index (χ1) is 9.15. The molecule has 0 fully saturated rings. The molecule has 0 aliphatic rings. The fourth-order valence-corrected chi connectivity index (χ4v) is 2.36. The highest BCUT2D eigenvalue weighted by Crippen LogP contribution is 2.21. The number of amides is 1. The molecule has 2 aromatic carbocycles. The number of rotatable bonds is 4. The van der Waals surface area contributed by atoms with E-state index in [1.807, 2.05) is 31.2 Å². The predicted molar refractivity (Wildman–Crippen MR) is 76.9 cm³/mol. The molecule has 0 aliphatic heterocycles. The van der Waals surface area contributed by atoms with Crippen molar-refractivity contribution in [3.63, 3.8) is 0 Å². The van der Waals surface area contributed by atoms with Crippen LogP contribution in [-0.4, -0.2) is 11.7 Å². The van der Waals surface area contributed by atoms with Crippen LogP contribution in [0.15, 0.2) is 53.4 Å². The third-order valence-corrected chi connectivity index (χ3v) is 3.55. The molecule has 2 aromatic rings. The van der Waals surface area contributed by atoms with Crippen LogP contribution in [0, 0.1) is 12.7 Å². The van der Waals surface area contributed by atoms with E-state index in [-0.39, 0.29) is 17.5 Å². The Hall–Kier alpha value is -1.81. The molecule has 0 saturated carbocycles. The Kier molecular flexibility index (Phi) is 4.58. The number of thioether (sulfide) groups is 1. The van der Waals surface area contributed by atoms with Gasteiger partial charge in [0, 0.05) is 10.6 Å². The van der Waals surface area contributed by atoms with Crippen LogP contribution in [0.3, 0.4) is 0 Å². The van der Waals surface area contributed by atoms with Crippen molar-refractivity contribution in [2.24, 2.45) is 0 Å². The van der Waals surface area contributed by atoms with Crippen molar-refractivity contribution in [3.05, 3.63) is 59.9 Å². The Morgan fingerprint density at radius 3 is 2.74 bits per heavy atom. The first-order valence-corrected chi connectivity index (χ1v) is 6.87. The van der Waals surface area contributed by atoms with Crippen molar-refractivity contribution in [1.29, 1.82) is 0 Å². The standard InChI is InChI=1S/C15H14FNOS/c1-11-5-4-6-12(9-11)17-15(18)10-19-14-8-3-2-7-13(14)16/h2-9H,10H2,1H3,(H,17,18). The number of carbonyl (C=O) groups is 1. The molecule has 0 bridgehead atoms. The molecule has 4 heteroatoms. The Morgan fingerprint density at radius 1 is 1.21 bits per heavy atom. The van der Waals surface area contributed by atoms with E-state index in [2.05, 4.69) is 5.32 Å². The highest BCUT2D eigenvalue weighted by atomic mass is 32.2. The predicted octanol–water partition coefficient (Wildman–Crippen LogP) is 3.86. The van der Waals surface area contributed by atoms with Crippen LogP contribution in [0.2, 0.25) is 0 Å². The minimum Gasteiger partial charge on any atom is -0.325 e. The molecule has 0 atom stereocenters. The Labute approximate surface area is 116 Å². The van der Waals surface area contributed by atoms with Crippen molar-refractivity contribution in [3.8, 4) is 0 Å². The highest BCUT2D eigenvalue weighted by molar-refractivity contribution is 8.00. The van der Waals surface area contributed by atoms with Crippen molar-refractivity contribution in [2.75, 3.05) is 11.1 Å². The molecule has 0 radical (unpaired) electrons. The Balaban J connectivity index is 1.90. The number of anilines is 1. The van der Waals surface area contributed by atoms with E-state index in [4.69, 9.17) is 0 Å². The molecule has 2 rings (SSSR count). The fraction of sp³-hybridized carbons (Fsp3) is 0.133. The number of carbonyl (C=O) groups excluding carboxylic acids is 1. The maximum Gasteiger partial charge on any atom is 0.234 e. The molecule has 1 N–H and O–H groups in total. The topological polar surface area (TPSA) is 29.1 Å². The molecule has 0 aromatic heterocycles. The monoisotopic (exact) mass is 275 g/mol. The number of nitrogens with one attached hydrogen (secondary N) is 1. The molecular formula is C15H14FNOS. The Morgan fingerprint density at radius 2 is 2.00 bits per heavy atom. The summed E-state index contributed by atoms with van der Waals surface area (Å²) >= 11 is 1.19. The van der Waals surface area contributed by atoms with E-state index in [0.717, 1.165) is 11.3 Å². The van der Waals surface area contributed by atoms with Gasteiger partial charge in [0.2, 0.25) is 5.91 Å². The summed E-state index contributed by atoms with van der Waals surface area (Å²) in [7, 11) is 0. The zero-order valence-corrected chi connectivity index (χ0v) is 11.3. The second-order valence-electron chi connectivity index (χ2n) is 4.14. The smallest absolute Gasteiger partial charge is 0.234 e. The lowest BCUT2D eigenvalue weighted by atomic mass is 10.2. The maximum absolute atomic E-state index is 13.4. The zero-order chi connectivity index (χ0) is 13.7. The van der Waals surface area contributed by atoms with E-state index in [0.29, 0.717) is 4.90 Å². The van der Waals surface area contributed by atoms with Crippen LogP contribution in [0.5, 0.6) is 0 Å². The number of hydrogen-bond acceptors (Lipinski definition) is 2. The second kappa shape index (κ2) is 6.38. The molecule has 98 valence electrons. The summed E-state index contributed by atoms with van der Waals surface area (Å²) in [6, 6.07) is 14.0. The SMILES string of the molecule is Cc1cccc(NC(=O)CSc2ccccc2F)c1. The summed E-state index contributed by atoms with van der Waals surface area (Å²) in [6.07, 6.45) is 0. The van der Waals surface area contributed by atoms with Crippen LogP contribution in [-0.2, 0) is 4.79 Å². The number of benzene rings is 2. The maximum atomic E-state index is 13.4. The van der Waals surface area contributed by atoms with E-state index in [9.17, 15) is 9.18 Å². The van der Waals surface area contributed by atoms with Crippen molar-refractivity contribution in [2.45, 2.75) is 11.8 Å². The molecule has 0 aliphatic carbocycles. The summed E-state index contributed by atoms with van der Waals surface area (Å²) in [4.78, 5) is 12.2. The minimum atomic E-state index is -0.296. The highest BCUT2D eigenvalue weighted by Gasteiger charge is 2.06. The average Bonchev–Trinajstić information content (AvgIpc) is 2.38. The van der Waals surface area contributed by atoms with E-state index in [1.165, 1.54) is 17.8 Å². The average molecular weight is 275 g/mol. The molecule has 0 heterocycles. The normalized spacial score (nSPS) is 10.2. The quantitative estimate of drug-likeness (QED) is 0.858. The molecule has 2 nitrogen and oxygen atoms in total. The van der Waals surface area contributed by atoms with E-state index in [1.54, 1.807) is 18.2 Å². The van der Waals surface area contributed by atoms with Gasteiger partial charge in [-0.05, 0) is 36.8 Å². The van der Waals surface area contributed by atoms with Crippen LogP contribution >= 0.6 is 11.8 Å². The molecule has 1 amide bonds. The van der Waals surface area contributed by atoms with Crippen LogP contribution in [0.4, 0.5) is 10.1 Å². The van der Waals surface area contributed by atoms with Crippen LogP contribution in [0.25, 0.3) is 0 Å². The van der Waals surface area contributed by atoms with Gasteiger partial charge >= 0.3 is 0 Å². The molecular weight excluding hydrogens is 261 g/mol. The van der Waals surface area contributed by atoms with Crippen LogP contribution < -0.4 is 5.32 Å². The van der Waals surface area contributed by atoms with Gasteiger partial charge in [0.15, 0.2) is 0 Å². The number of aryl methyl sites for hydroxylation is 1. The molecule has 0 spiro atoms. The first kappa shape index (κ1) is 13.6. The molecule has 19 heavy (non-hydrogen) atoms. The third-order valence-electron chi connectivity index (χ3n) is 2.50. The lowest BCUT2D eigenvalue weighted by Gasteiger charge is -2.06. The number of hydrogen-bond donors (Lipinski definition) is 1. The summed E-state index contributed by atoms with van der Waals surface area (Å²) in [5.74, 6) is -0.246. The van der Waals surface area contributed by atoms with Gasteiger partial charge in [0.05, 0.1) is 5.75 Å². The van der Waals surface area contributed by atoms with Crippen molar-refractivity contribution in [1.82, 2.24) is 0 Å². The van der Waals surface area contributed by atoms with Gasteiger partial charge in [-0.25, -0.2) is 4.39 Å². The zero-order valence-electron chi connectivity index (χ0n) is 10.5. The van der Waals surface area contributed by atoms with Gasteiger partial charge in [0.1, 0.15) is 5.82 Å². The Bertz CT molecular complexity index is 586. The first-order valence-electron chi connectivity index (χ1n) is 5.89. The van der Waals surface area contributed by atoms with Gasteiger partial charge in [-0.2, -0.15) is 0 Å². The summed E-state index contributed by atoms with van der Waals surface area (Å²) in [5, 5.41) is 2.79. The van der Waals surface area contributed by atoms with Gasteiger partial charge < -0.3 is 5.32 Å². The van der Waals surface area contributed by atoms with Gasteiger partial charge in [-0.3, -0.25) is 4.79 Å². The van der Waals surface area contributed by atoms with E-state index < -0.39 is 0 Å². The van der Waals surface area contributed by atoms with Crippen molar-refractivity contribution >= 4 is 23.4 Å². The van der Waals surface area contributed by atoms with Gasteiger partial charge in [0.25, 0.3) is 0 Å². The fourth-order valence-electron chi connectivity index (χ4n) is 1.62. The minimum absolute atomic E-state index is 0.140. The summed E-state index contributed by atoms with van der Waals surface area (Å²) in [6.45, 7) is 1.96. The number of halogens is 1. The molecule has 0 unspecified atom stereocenters. The van der Waals surface area contributed by atoms with Gasteiger partial charge in [-0.15, -0.1) is 11.8 Å². The lowest BCUT2D eigenvalue weighted by Crippen LogP contribution is -2.14. The van der Waals surface area contributed by atoms with Crippen LogP contribution in [0.1, 0.15) is 5.56 Å². The largest absolute Gasteiger partial charge is 0.325 e. The third kappa shape index (κ3) is 4.10. The lowest BCUT2D eigenvalue weighted by molar-refractivity contribution is -0.113. The van der Waals surface area contributed by atoms with E-state index >= 15 is 0 Å². The second-order valence-corrected chi connectivity index (χ2v) is 5.15. The molecule has 0 saturated heterocycles.